The first-order chi connectivity index (χ1) is 8.11. The van der Waals surface area contributed by atoms with Crippen LogP contribution in [-0.4, -0.2) is 23.7 Å². The summed E-state index contributed by atoms with van der Waals surface area (Å²) in [5.74, 6) is 0. The Balaban J connectivity index is 2.27. The van der Waals surface area contributed by atoms with Crippen molar-refractivity contribution in [2.45, 2.75) is 27.2 Å². The maximum atomic E-state index is 5.10. The van der Waals surface area contributed by atoms with Gasteiger partial charge < -0.3 is 4.74 Å². The molecule has 2 heterocycles. The molecule has 0 unspecified atom stereocenters. The fourth-order valence-corrected chi connectivity index (χ4v) is 3.49. The molecule has 17 heavy (non-hydrogen) atoms. The highest BCUT2D eigenvalue weighted by atomic mass is 32.1. The molecule has 3 nitrogen and oxygen atoms in total. The number of aromatic nitrogens is 2. The van der Waals surface area contributed by atoms with Crippen LogP contribution in [0.5, 0.6) is 0 Å². The van der Waals surface area contributed by atoms with Crippen LogP contribution in [-0.2, 0) is 11.2 Å². The SMILES string of the molecule is COCCc1sc(-c2nc(C)c(C)s2)nc1C. The lowest BCUT2D eigenvalue weighted by Gasteiger charge is -1.95. The Kier molecular flexibility index (Phi) is 3.91. The van der Waals surface area contributed by atoms with Crippen molar-refractivity contribution in [2.75, 3.05) is 13.7 Å². The number of rotatable bonds is 4. The zero-order chi connectivity index (χ0) is 12.4. The van der Waals surface area contributed by atoms with E-state index in [9.17, 15) is 0 Å². The molecule has 92 valence electrons. The van der Waals surface area contributed by atoms with Crippen molar-refractivity contribution < 1.29 is 4.74 Å². The molecule has 0 spiro atoms. The topological polar surface area (TPSA) is 35.0 Å². The number of nitrogens with zero attached hydrogens (tertiary/aromatic N) is 2. The van der Waals surface area contributed by atoms with Gasteiger partial charge in [-0.3, -0.25) is 0 Å². The van der Waals surface area contributed by atoms with E-state index in [1.165, 1.54) is 9.75 Å². The van der Waals surface area contributed by atoms with Crippen molar-refractivity contribution in [3.8, 4) is 10.0 Å². The molecule has 0 atom stereocenters. The Morgan fingerprint density at radius 2 is 1.65 bits per heavy atom. The van der Waals surface area contributed by atoms with E-state index in [4.69, 9.17) is 4.74 Å². The van der Waals surface area contributed by atoms with E-state index in [-0.39, 0.29) is 0 Å². The highest BCUT2D eigenvalue weighted by Crippen LogP contribution is 2.32. The molecule has 0 aliphatic heterocycles. The van der Waals surface area contributed by atoms with Gasteiger partial charge in [0.15, 0.2) is 10.0 Å². The highest BCUT2D eigenvalue weighted by Gasteiger charge is 2.13. The second kappa shape index (κ2) is 5.25. The van der Waals surface area contributed by atoms with Crippen LogP contribution in [0.2, 0.25) is 0 Å². The lowest BCUT2D eigenvalue weighted by atomic mass is 10.3. The van der Waals surface area contributed by atoms with Crippen LogP contribution in [0, 0.1) is 20.8 Å². The lowest BCUT2D eigenvalue weighted by molar-refractivity contribution is 0.203. The zero-order valence-corrected chi connectivity index (χ0v) is 12.2. The van der Waals surface area contributed by atoms with Crippen molar-refractivity contribution in [2.24, 2.45) is 0 Å². The first-order valence-corrected chi connectivity index (χ1v) is 7.14. The molecule has 0 aliphatic rings. The normalized spacial score (nSPS) is 11.1. The van der Waals surface area contributed by atoms with E-state index in [0.29, 0.717) is 0 Å². The first kappa shape index (κ1) is 12.7. The van der Waals surface area contributed by atoms with Gasteiger partial charge in [-0.25, -0.2) is 9.97 Å². The fourth-order valence-electron chi connectivity index (χ4n) is 1.51. The van der Waals surface area contributed by atoms with E-state index in [1.54, 1.807) is 29.8 Å². The average molecular weight is 268 g/mol. The molecular weight excluding hydrogens is 252 g/mol. The number of hydrogen-bond acceptors (Lipinski definition) is 5. The molecule has 0 radical (unpaired) electrons. The third kappa shape index (κ3) is 2.73. The zero-order valence-electron chi connectivity index (χ0n) is 10.5. The molecule has 0 fully saturated rings. The maximum Gasteiger partial charge on any atom is 0.152 e. The van der Waals surface area contributed by atoms with Crippen LogP contribution in [0.1, 0.15) is 21.1 Å². The average Bonchev–Trinajstić information content (AvgIpc) is 2.81. The minimum absolute atomic E-state index is 0.748. The second-order valence-electron chi connectivity index (χ2n) is 3.93. The van der Waals surface area contributed by atoms with Crippen molar-refractivity contribution in [1.29, 1.82) is 0 Å². The summed E-state index contributed by atoms with van der Waals surface area (Å²) in [5.41, 5.74) is 2.21. The van der Waals surface area contributed by atoms with Crippen LogP contribution >= 0.6 is 22.7 Å². The molecule has 2 aromatic heterocycles. The number of methoxy groups -OCH3 is 1. The van der Waals surface area contributed by atoms with Gasteiger partial charge in [0.1, 0.15) is 0 Å². The van der Waals surface area contributed by atoms with Crippen LogP contribution in [0.3, 0.4) is 0 Å². The molecule has 0 saturated carbocycles. The summed E-state index contributed by atoms with van der Waals surface area (Å²) >= 11 is 3.45. The molecular formula is C12H16N2OS2. The van der Waals surface area contributed by atoms with E-state index >= 15 is 0 Å². The largest absolute Gasteiger partial charge is 0.384 e. The fraction of sp³-hybridized carbons (Fsp3) is 0.500. The molecule has 0 amide bonds. The van der Waals surface area contributed by atoms with Crippen LogP contribution < -0.4 is 0 Å². The van der Waals surface area contributed by atoms with Gasteiger partial charge in [0, 0.05) is 23.3 Å². The van der Waals surface area contributed by atoms with Gasteiger partial charge in [0.05, 0.1) is 18.0 Å². The predicted molar refractivity (Wildman–Crippen MR) is 73.0 cm³/mol. The maximum absolute atomic E-state index is 5.10. The van der Waals surface area contributed by atoms with E-state index in [2.05, 4.69) is 23.8 Å². The molecule has 0 aromatic carbocycles. The van der Waals surface area contributed by atoms with Crippen molar-refractivity contribution in [3.05, 3.63) is 21.1 Å². The van der Waals surface area contributed by atoms with Gasteiger partial charge in [-0.1, -0.05) is 0 Å². The summed E-state index contributed by atoms with van der Waals surface area (Å²) in [7, 11) is 1.73. The van der Waals surface area contributed by atoms with Gasteiger partial charge in [-0.15, -0.1) is 22.7 Å². The Morgan fingerprint density at radius 1 is 1.00 bits per heavy atom. The number of hydrogen-bond donors (Lipinski definition) is 0. The standard InChI is InChI=1S/C12H16N2OS2/c1-7-9(3)16-11(13-7)12-14-8(2)10(17-12)5-6-15-4/h5-6H2,1-4H3. The summed E-state index contributed by atoms with van der Waals surface area (Å²) in [6.07, 6.45) is 0.934. The van der Waals surface area contributed by atoms with Crippen LogP contribution in [0.15, 0.2) is 0 Å². The van der Waals surface area contributed by atoms with Gasteiger partial charge in [-0.05, 0) is 20.8 Å². The Hall–Kier alpha value is -0.780. The Bertz CT molecular complexity index is 497. The number of thiazole rings is 2. The van der Waals surface area contributed by atoms with E-state index < -0.39 is 0 Å². The quantitative estimate of drug-likeness (QED) is 0.852. The van der Waals surface area contributed by atoms with Gasteiger partial charge in [-0.2, -0.15) is 0 Å². The molecule has 0 saturated heterocycles. The van der Waals surface area contributed by atoms with Crippen LogP contribution in [0.25, 0.3) is 10.0 Å². The summed E-state index contributed by atoms with van der Waals surface area (Å²) in [6, 6.07) is 0. The number of aryl methyl sites for hydroxylation is 3. The summed E-state index contributed by atoms with van der Waals surface area (Å²) < 4.78 is 5.10. The third-order valence-electron chi connectivity index (χ3n) is 2.64. The molecule has 0 bridgehead atoms. The highest BCUT2D eigenvalue weighted by molar-refractivity contribution is 7.21. The summed E-state index contributed by atoms with van der Waals surface area (Å²) in [5, 5.41) is 2.08. The van der Waals surface area contributed by atoms with Crippen molar-refractivity contribution in [1.82, 2.24) is 9.97 Å². The monoisotopic (exact) mass is 268 g/mol. The first-order valence-electron chi connectivity index (χ1n) is 5.51. The third-order valence-corrected chi connectivity index (χ3v) is 5.07. The van der Waals surface area contributed by atoms with Crippen molar-refractivity contribution >= 4 is 22.7 Å². The summed E-state index contributed by atoms with van der Waals surface area (Å²) in [4.78, 5) is 11.7. The molecule has 2 aromatic rings. The van der Waals surface area contributed by atoms with E-state index in [0.717, 1.165) is 34.4 Å². The molecule has 0 N–H and O–H groups in total. The van der Waals surface area contributed by atoms with Gasteiger partial charge in [0.2, 0.25) is 0 Å². The summed E-state index contributed by atoms with van der Waals surface area (Å²) in [6.45, 7) is 6.95. The lowest BCUT2D eigenvalue weighted by Crippen LogP contribution is -1.93. The minimum atomic E-state index is 0.748. The van der Waals surface area contributed by atoms with Crippen LogP contribution in [0.4, 0.5) is 0 Å². The van der Waals surface area contributed by atoms with E-state index in [1.807, 2.05) is 6.92 Å². The predicted octanol–water partition coefficient (Wildman–Crippen LogP) is 3.38. The second-order valence-corrected chi connectivity index (χ2v) is 6.22. The minimum Gasteiger partial charge on any atom is -0.384 e. The smallest absolute Gasteiger partial charge is 0.152 e. The van der Waals surface area contributed by atoms with Gasteiger partial charge in [0.25, 0.3) is 0 Å². The van der Waals surface area contributed by atoms with Crippen molar-refractivity contribution in [3.63, 3.8) is 0 Å². The Morgan fingerprint density at radius 3 is 2.24 bits per heavy atom. The number of ether oxygens (including phenoxy) is 1. The van der Waals surface area contributed by atoms with Gasteiger partial charge >= 0.3 is 0 Å². The molecule has 2 rings (SSSR count). The molecule has 0 aliphatic carbocycles. The molecule has 5 heteroatoms. The Labute approximate surface area is 110 Å².